The lowest BCUT2D eigenvalue weighted by atomic mass is 9.86. The van der Waals surface area contributed by atoms with Gasteiger partial charge >= 0.3 is 12.1 Å². The summed E-state index contributed by atoms with van der Waals surface area (Å²) in [6.07, 6.45) is 0.300. The maximum atomic E-state index is 12.2. The summed E-state index contributed by atoms with van der Waals surface area (Å²) in [7, 11) is 0. The smallest absolute Gasteiger partial charge is 0.410 e. The Bertz CT molecular complexity index is 697. The van der Waals surface area contributed by atoms with Gasteiger partial charge in [0.05, 0.1) is 10.8 Å². The van der Waals surface area contributed by atoms with E-state index in [-0.39, 0.29) is 18.0 Å². The molecule has 1 amide bonds. The largest absolute Gasteiger partial charge is 0.481 e. The molecule has 26 heavy (non-hydrogen) atoms. The van der Waals surface area contributed by atoms with Crippen molar-refractivity contribution in [3.05, 3.63) is 39.9 Å². The van der Waals surface area contributed by atoms with E-state index in [1.54, 1.807) is 32.9 Å². The highest BCUT2D eigenvalue weighted by Crippen LogP contribution is 2.29. The normalized spacial score (nSPS) is 18.4. The number of carboxylic acids is 1. The first-order valence-corrected chi connectivity index (χ1v) is 8.51. The topological polar surface area (TPSA) is 110 Å². The molecular formula is C18H24N2O6. The standard InChI is InChI=1S/C18H24N2O6/c1-18(2,3)26-17(23)19-8-7-13(11-19)15(16(21)22)10-12-5-4-6-14(9-12)20(24)25/h4-6,9,13,15H,7-8,10-11H2,1-3H3,(H,21,22)/t13-,15?/m0/s1. The molecular weight excluding hydrogens is 340 g/mol. The summed E-state index contributed by atoms with van der Waals surface area (Å²) >= 11 is 0. The zero-order chi connectivity index (χ0) is 19.5. The Morgan fingerprint density at radius 2 is 2.12 bits per heavy atom. The number of nitro benzene ring substituents is 1. The van der Waals surface area contributed by atoms with Gasteiger partial charge in [0, 0.05) is 25.2 Å². The summed E-state index contributed by atoms with van der Waals surface area (Å²) < 4.78 is 5.34. The Hall–Kier alpha value is -2.64. The van der Waals surface area contributed by atoms with Crippen LogP contribution < -0.4 is 0 Å². The van der Waals surface area contributed by atoms with Crippen LogP contribution >= 0.6 is 0 Å². The van der Waals surface area contributed by atoms with E-state index in [1.807, 2.05) is 0 Å². The van der Waals surface area contributed by atoms with Crippen LogP contribution in [0.3, 0.4) is 0 Å². The summed E-state index contributed by atoms with van der Waals surface area (Å²) in [5, 5.41) is 20.5. The number of nitro groups is 1. The minimum Gasteiger partial charge on any atom is -0.481 e. The molecule has 1 unspecified atom stereocenters. The number of aliphatic carboxylic acids is 1. The van der Waals surface area contributed by atoms with E-state index >= 15 is 0 Å². The van der Waals surface area contributed by atoms with Crippen LogP contribution in [0.1, 0.15) is 32.8 Å². The molecule has 8 nitrogen and oxygen atoms in total. The number of non-ortho nitro benzene ring substituents is 1. The summed E-state index contributed by atoms with van der Waals surface area (Å²) in [5.74, 6) is -1.91. The molecule has 0 radical (unpaired) electrons. The second-order valence-electron chi connectivity index (χ2n) is 7.55. The van der Waals surface area contributed by atoms with Gasteiger partial charge in [-0.3, -0.25) is 14.9 Å². The van der Waals surface area contributed by atoms with Crippen molar-refractivity contribution in [3.8, 4) is 0 Å². The molecule has 2 atom stereocenters. The number of likely N-dealkylation sites (tertiary alicyclic amines) is 1. The second-order valence-corrected chi connectivity index (χ2v) is 7.55. The maximum absolute atomic E-state index is 12.2. The lowest BCUT2D eigenvalue weighted by molar-refractivity contribution is -0.384. The van der Waals surface area contributed by atoms with Crippen LogP contribution in [0.15, 0.2) is 24.3 Å². The number of nitrogens with zero attached hydrogens (tertiary/aromatic N) is 2. The first kappa shape index (κ1) is 19.7. The van der Waals surface area contributed by atoms with Crippen molar-refractivity contribution in [3.63, 3.8) is 0 Å². The van der Waals surface area contributed by atoms with Gasteiger partial charge in [-0.05, 0) is 45.1 Å². The molecule has 0 spiro atoms. The Labute approximate surface area is 151 Å². The third-order valence-corrected chi connectivity index (χ3v) is 4.34. The number of ether oxygens (including phenoxy) is 1. The van der Waals surface area contributed by atoms with Gasteiger partial charge in [-0.2, -0.15) is 0 Å². The number of carbonyl (C=O) groups excluding carboxylic acids is 1. The van der Waals surface area contributed by atoms with Gasteiger partial charge in [0.2, 0.25) is 0 Å². The summed E-state index contributed by atoms with van der Waals surface area (Å²) in [5.41, 5.74) is -0.0691. The monoisotopic (exact) mass is 364 g/mol. The minimum atomic E-state index is -0.965. The zero-order valence-corrected chi connectivity index (χ0v) is 15.2. The summed E-state index contributed by atoms with van der Waals surface area (Å²) in [6, 6.07) is 6.01. The van der Waals surface area contributed by atoms with Crippen molar-refractivity contribution in [2.24, 2.45) is 11.8 Å². The van der Waals surface area contributed by atoms with E-state index in [0.29, 0.717) is 25.1 Å². The van der Waals surface area contributed by atoms with Gasteiger partial charge in [-0.1, -0.05) is 12.1 Å². The highest BCUT2D eigenvalue weighted by atomic mass is 16.6. The van der Waals surface area contributed by atoms with Crippen LogP contribution in [0.5, 0.6) is 0 Å². The van der Waals surface area contributed by atoms with Crippen LogP contribution in [0.2, 0.25) is 0 Å². The average Bonchev–Trinajstić information content (AvgIpc) is 3.00. The lowest BCUT2D eigenvalue weighted by Gasteiger charge is -2.25. The van der Waals surface area contributed by atoms with Crippen molar-refractivity contribution < 1.29 is 24.4 Å². The van der Waals surface area contributed by atoms with Gasteiger partial charge in [0.25, 0.3) is 5.69 Å². The molecule has 1 aliphatic heterocycles. The summed E-state index contributed by atoms with van der Waals surface area (Å²) in [4.78, 5) is 35.8. The van der Waals surface area contributed by atoms with E-state index in [0.717, 1.165) is 0 Å². The summed E-state index contributed by atoms with van der Waals surface area (Å²) in [6.45, 7) is 6.08. The first-order chi connectivity index (χ1) is 12.1. The van der Waals surface area contributed by atoms with Crippen LogP contribution in [0, 0.1) is 22.0 Å². The number of carboxylic acid groups (broad SMARTS) is 1. The minimum absolute atomic E-state index is 0.0616. The van der Waals surface area contributed by atoms with Crippen LogP contribution in [0.25, 0.3) is 0 Å². The molecule has 0 bridgehead atoms. The van der Waals surface area contributed by atoms with Crippen molar-refractivity contribution in [1.29, 1.82) is 0 Å². The molecule has 1 saturated heterocycles. The molecule has 1 fully saturated rings. The van der Waals surface area contributed by atoms with E-state index < -0.39 is 28.5 Å². The Morgan fingerprint density at radius 3 is 2.69 bits per heavy atom. The van der Waals surface area contributed by atoms with Gasteiger partial charge < -0.3 is 14.7 Å². The fourth-order valence-electron chi connectivity index (χ4n) is 3.11. The maximum Gasteiger partial charge on any atom is 0.410 e. The van der Waals surface area contributed by atoms with E-state index in [2.05, 4.69) is 0 Å². The van der Waals surface area contributed by atoms with Gasteiger partial charge in [-0.25, -0.2) is 4.79 Å². The molecule has 1 aliphatic rings. The Balaban J connectivity index is 2.07. The second kappa shape index (κ2) is 7.72. The molecule has 1 heterocycles. The molecule has 2 rings (SSSR count). The van der Waals surface area contributed by atoms with Crippen molar-refractivity contribution >= 4 is 17.7 Å². The lowest BCUT2D eigenvalue weighted by Crippen LogP contribution is -2.36. The molecule has 1 aromatic rings. The van der Waals surface area contributed by atoms with Crippen LogP contribution in [0.4, 0.5) is 10.5 Å². The molecule has 1 N–H and O–H groups in total. The molecule has 0 aliphatic carbocycles. The van der Waals surface area contributed by atoms with Crippen molar-refractivity contribution in [2.75, 3.05) is 13.1 Å². The third-order valence-electron chi connectivity index (χ3n) is 4.34. The van der Waals surface area contributed by atoms with Gasteiger partial charge in [-0.15, -0.1) is 0 Å². The number of carbonyl (C=O) groups is 2. The fraction of sp³-hybridized carbons (Fsp3) is 0.556. The molecule has 0 saturated carbocycles. The SMILES string of the molecule is CC(C)(C)OC(=O)N1CC[C@H](C(Cc2cccc([N+](=O)[O-])c2)C(=O)O)C1. The number of amides is 1. The Kier molecular flexibility index (Phi) is 5.84. The number of rotatable bonds is 5. The highest BCUT2D eigenvalue weighted by molar-refractivity contribution is 5.72. The fourth-order valence-corrected chi connectivity index (χ4v) is 3.11. The number of benzene rings is 1. The number of hydrogen-bond donors (Lipinski definition) is 1. The van der Waals surface area contributed by atoms with E-state index in [9.17, 15) is 24.8 Å². The van der Waals surface area contributed by atoms with Gasteiger partial charge in [0.15, 0.2) is 0 Å². The van der Waals surface area contributed by atoms with Crippen molar-refractivity contribution in [1.82, 2.24) is 4.90 Å². The number of hydrogen-bond acceptors (Lipinski definition) is 5. The quantitative estimate of drug-likeness (QED) is 0.635. The first-order valence-electron chi connectivity index (χ1n) is 8.51. The van der Waals surface area contributed by atoms with Crippen LogP contribution in [-0.4, -0.2) is 45.7 Å². The van der Waals surface area contributed by atoms with Gasteiger partial charge in [0.1, 0.15) is 5.60 Å². The zero-order valence-electron chi connectivity index (χ0n) is 15.2. The van der Waals surface area contributed by atoms with E-state index in [1.165, 1.54) is 17.0 Å². The van der Waals surface area contributed by atoms with Crippen molar-refractivity contribution in [2.45, 2.75) is 39.2 Å². The van der Waals surface area contributed by atoms with Crippen LogP contribution in [-0.2, 0) is 16.0 Å². The Morgan fingerprint density at radius 1 is 1.42 bits per heavy atom. The average molecular weight is 364 g/mol. The molecule has 0 aromatic heterocycles. The van der Waals surface area contributed by atoms with E-state index in [4.69, 9.17) is 4.74 Å². The predicted molar refractivity (Wildman–Crippen MR) is 93.8 cm³/mol. The molecule has 8 heteroatoms. The predicted octanol–water partition coefficient (Wildman–Crippen LogP) is 3.10. The molecule has 1 aromatic carbocycles. The molecule has 142 valence electrons. The third kappa shape index (κ3) is 5.18. The highest BCUT2D eigenvalue weighted by Gasteiger charge is 2.37.